The second-order valence-electron chi connectivity index (χ2n) is 4.15. The van der Waals surface area contributed by atoms with Gasteiger partial charge in [-0.2, -0.15) is 13.2 Å². The fraction of sp³-hybridized carbons (Fsp3) is 0.364. The van der Waals surface area contributed by atoms with E-state index in [0.717, 1.165) is 12.1 Å². The van der Waals surface area contributed by atoms with Gasteiger partial charge in [-0.25, -0.2) is 9.18 Å². The van der Waals surface area contributed by atoms with Gasteiger partial charge in [0.2, 0.25) is 0 Å². The van der Waals surface area contributed by atoms with Gasteiger partial charge in [-0.1, -0.05) is 15.9 Å². The first-order valence-electron chi connectivity index (χ1n) is 5.22. The van der Waals surface area contributed by atoms with E-state index in [9.17, 15) is 22.4 Å². The fourth-order valence-corrected chi connectivity index (χ4v) is 2.45. The van der Waals surface area contributed by atoms with Crippen molar-refractivity contribution in [3.63, 3.8) is 0 Å². The maximum atomic E-state index is 13.6. The first kappa shape index (κ1) is 14.1. The number of likely N-dealkylation sites (tertiary alicyclic amines) is 1. The van der Waals surface area contributed by atoms with Crippen molar-refractivity contribution in [2.45, 2.75) is 18.4 Å². The van der Waals surface area contributed by atoms with Crippen molar-refractivity contribution in [3.05, 3.63) is 33.8 Å². The Kier molecular flexibility index (Phi) is 3.46. The number of rotatable bonds is 1. The minimum absolute atomic E-state index is 0.125. The van der Waals surface area contributed by atoms with Crippen LogP contribution in [0.4, 0.5) is 22.4 Å². The van der Waals surface area contributed by atoms with Crippen molar-refractivity contribution in [1.29, 1.82) is 0 Å². The van der Waals surface area contributed by atoms with E-state index in [1.807, 2.05) is 0 Å². The van der Waals surface area contributed by atoms with E-state index in [1.54, 1.807) is 0 Å². The van der Waals surface area contributed by atoms with Gasteiger partial charge in [0.05, 0.1) is 11.5 Å². The summed E-state index contributed by atoms with van der Waals surface area (Å²) in [5.41, 5.74) is -0.758. The van der Waals surface area contributed by atoms with Gasteiger partial charge in [-0.05, 0) is 23.8 Å². The molecular formula is C11H8BrF4NO2. The van der Waals surface area contributed by atoms with Crippen molar-refractivity contribution in [2.24, 2.45) is 0 Å². The Balaban J connectivity index is 2.29. The monoisotopic (exact) mass is 341 g/mol. The minimum Gasteiger partial charge on any atom is -0.465 e. The topological polar surface area (TPSA) is 40.5 Å². The first-order valence-corrected chi connectivity index (χ1v) is 6.01. The van der Waals surface area contributed by atoms with Gasteiger partial charge in [0.15, 0.2) is 6.30 Å². The Hall–Kier alpha value is -1.31. The number of nitrogens with zero attached hydrogens (tertiary/aromatic N) is 1. The molecule has 104 valence electrons. The van der Waals surface area contributed by atoms with Crippen molar-refractivity contribution in [2.75, 3.05) is 6.54 Å². The third-order valence-electron chi connectivity index (χ3n) is 2.99. The zero-order valence-electron chi connectivity index (χ0n) is 9.29. The van der Waals surface area contributed by atoms with E-state index in [2.05, 4.69) is 15.9 Å². The largest absolute Gasteiger partial charge is 0.465 e. The Labute approximate surface area is 113 Å². The Morgan fingerprint density at radius 3 is 2.53 bits per heavy atom. The lowest BCUT2D eigenvalue weighted by Crippen LogP contribution is -2.54. The molecule has 3 nitrogen and oxygen atoms in total. The number of carboxylic acid groups (broad SMARTS) is 1. The van der Waals surface area contributed by atoms with Crippen LogP contribution in [0.3, 0.4) is 0 Å². The van der Waals surface area contributed by atoms with Crippen LogP contribution in [0.25, 0.3) is 0 Å². The lowest BCUT2D eigenvalue weighted by molar-refractivity contribution is -0.137. The summed E-state index contributed by atoms with van der Waals surface area (Å²) < 4.78 is 51.7. The molecule has 1 aromatic rings. The lowest BCUT2D eigenvalue weighted by atomic mass is 9.89. The molecule has 19 heavy (non-hydrogen) atoms. The predicted molar refractivity (Wildman–Crippen MR) is 61.5 cm³/mol. The molecule has 0 aliphatic carbocycles. The SMILES string of the molecule is O=C(O)N1CC(c2cc(C(F)(F)F)ccc2Br)C1F. The number of carbonyl (C=O) groups is 1. The number of alkyl halides is 4. The molecule has 1 amide bonds. The zero-order valence-corrected chi connectivity index (χ0v) is 10.9. The van der Waals surface area contributed by atoms with Crippen molar-refractivity contribution in [1.82, 2.24) is 4.90 Å². The quantitative estimate of drug-likeness (QED) is 0.622. The van der Waals surface area contributed by atoms with E-state index in [4.69, 9.17) is 5.11 Å². The van der Waals surface area contributed by atoms with Crippen molar-refractivity contribution in [3.8, 4) is 0 Å². The van der Waals surface area contributed by atoms with Crippen LogP contribution in [0.1, 0.15) is 17.0 Å². The predicted octanol–water partition coefficient (Wildman–Crippen LogP) is 3.84. The molecule has 1 fully saturated rings. The van der Waals surface area contributed by atoms with Gasteiger partial charge in [0.25, 0.3) is 0 Å². The van der Waals surface area contributed by atoms with Crippen LogP contribution in [-0.2, 0) is 6.18 Å². The van der Waals surface area contributed by atoms with Crippen LogP contribution in [-0.4, -0.2) is 28.9 Å². The molecule has 8 heteroatoms. The van der Waals surface area contributed by atoms with Crippen LogP contribution >= 0.6 is 15.9 Å². The highest BCUT2D eigenvalue weighted by Crippen LogP contribution is 2.41. The average molecular weight is 342 g/mol. The molecule has 2 atom stereocenters. The van der Waals surface area contributed by atoms with Crippen LogP contribution < -0.4 is 0 Å². The second-order valence-corrected chi connectivity index (χ2v) is 5.00. The zero-order chi connectivity index (χ0) is 14.4. The summed E-state index contributed by atoms with van der Waals surface area (Å²) in [6, 6.07) is 2.92. The van der Waals surface area contributed by atoms with E-state index in [-0.39, 0.29) is 12.1 Å². The number of hydrogen-bond acceptors (Lipinski definition) is 1. The highest BCUT2D eigenvalue weighted by Gasteiger charge is 2.45. The van der Waals surface area contributed by atoms with Crippen LogP contribution in [0.5, 0.6) is 0 Å². The van der Waals surface area contributed by atoms with E-state index < -0.39 is 30.0 Å². The van der Waals surface area contributed by atoms with Crippen molar-refractivity contribution < 1.29 is 27.5 Å². The normalized spacial score (nSPS) is 23.1. The first-order chi connectivity index (χ1) is 8.71. The van der Waals surface area contributed by atoms with Crippen molar-refractivity contribution >= 4 is 22.0 Å². The summed E-state index contributed by atoms with van der Waals surface area (Å²) in [6.07, 6.45) is -7.76. The number of halogens is 5. The van der Waals surface area contributed by atoms with Gasteiger partial charge in [0, 0.05) is 11.0 Å². The summed E-state index contributed by atoms with van der Waals surface area (Å²) in [4.78, 5) is 11.1. The standard InChI is InChI=1S/C11H8BrF4NO2/c12-8-2-1-5(11(14,15)16)3-6(8)7-4-17(9(7)13)10(18)19/h1-3,7,9H,4H2,(H,18,19). The average Bonchev–Trinajstić information content (AvgIpc) is 2.27. The van der Waals surface area contributed by atoms with Gasteiger partial charge in [-0.3, -0.25) is 4.90 Å². The summed E-state index contributed by atoms with van der Waals surface area (Å²) >= 11 is 3.06. The third kappa shape index (κ3) is 2.54. The molecule has 2 unspecified atom stereocenters. The Morgan fingerprint density at radius 1 is 1.42 bits per heavy atom. The number of benzene rings is 1. The molecule has 0 spiro atoms. The molecule has 0 radical (unpaired) electrons. The number of hydrogen-bond donors (Lipinski definition) is 1. The summed E-state index contributed by atoms with van der Waals surface area (Å²) in [6.45, 7) is -0.156. The highest BCUT2D eigenvalue weighted by molar-refractivity contribution is 9.10. The Morgan fingerprint density at radius 2 is 2.05 bits per heavy atom. The fourth-order valence-electron chi connectivity index (χ4n) is 1.91. The highest BCUT2D eigenvalue weighted by atomic mass is 79.9. The minimum atomic E-state index is -4.52. The van der Waals surface area contributed by atoms with Gasteiger partial charge < -0.3 is 5.11 Å². The van der Waals surface area contributed by atoms with E-state index >= 15 is 0 Å². The van der Waals surface area contributed by atoms with Gasteiger partial charge >= 0.3 is 12.3 Å². The van der Waals surface area contributed by atoms with E-state index in [1.165, 1.54) is 6.07 Å². The van der Waals surface area contributed by atoms with Gasteiger partial charge in [-0.15, -0.1) is 0 Å². The molecule has 1 heterocycles. The molecule has 0 bridgehead atoms. The summed E-state index contributed by atoms with van der Waals surface area (Å²) in [5, 5.41) is 8.62. The summed E-state index contributed by atoms with van der Waals surface area (Å²) in [7, 11) is 0. The molecule has 1 N–H and O–H groups in total. The smallest absolute Gasteiger partial charge is 0.416 e. The molecule has 1 aliphatic rings. The van der Waals surface area contributed by atoms with Gasteiger partial charge in [0.1, 0.15) is 0 Å². The molecule has 2 rings (SSSR count). The molecular weight excluding hydrogens is 334 g/mol. The molecule has 1 saturated heterocycles. The summed E-state index contributed by atoms with van der Waals surface area (Å²) in [5.74, 6) is -0.882. The molecule has 0 saturated carbocycles. The van der Waals surface area contributed by atoms with Crippen LogP contribution in [0, 0.1) is 0 Å². The third-order valence-corrected chi connectivity index (χ3v) is 3.71. The maximum Gasteiger partial charge on any atom is 0.416 e. The maximum absolute atomic E-state index is 13.6. The lowest BCUT2D eigenvalue weighted by Gasteiger charge is -2.41. The van der Waals surface area contributed by atoms with Crippen LogP contribution in [0.2, 0.25) is 0 Å². The molecule has 1 aliphatic heterocycles. The Bertz CT molecular complexity index is 520. The molecule has 1 aromatic carbocycles. The van der Waals surface area contributed by atoms with E-state index in [0.29, 0.717) is 9.37 Å². The van der Waals surface area contributed by atoms with Crippen LogP contribution in [0.15, 0.2) is 22.7 Å². The number of amides is 1. The molecule has 0 aromatic heterocycles. The second kappa shape index (κ2) is 4.66.